The zero-order valence-corrected chi connectivity index (χ0v) is 10.4. The lowest BCUT2D eigenvalue weighted by atomic mass is 10.0. The number of rotatable bonds is 5. The van der Waals surface area contributed by atoms with Gasteiger partial charge in [0.15, 0.2) is 5.78 Å². The molecule has 2 nitrogen and oxygen atoms in total. The van der Waals surface area contributed by atoms with Gasteiger partial charge < -0.3 is 4.74 Å². The van der Waals surface area contributed by atoms with Crippen molar-refractivity contribution in [3.8, 4) is 0 Å². The number of ketones is 1. The number of hydrogen-bond acceptors (Lipinski definition) is 2. The fraction of sp³-hybridized carbons (Fsp3) is 0.188. The van der Waals surface area contributed by atoms with Gasteiger partial charge in [-0.3, -0.25) is 4.79 Å². The van der Waals surface area contributed by atoms with Crippen LogP contribution in [-0.2, 0) is 11.2 Å². The van der Waals surface area contributed by atoms with Gasteiger partial charge >= 0.3 is 0 Å². The lowest BCUT2D eigenvalue weighted by Crippen LogP contribution is -2.02. The van der Waals surface area contributed by atoms with Crippen LogP contribution in [0.1, 0.15) is 21.5 Å². The number of carbonyl (C=O) groups is 1. The first-order chi connectivity index (χ1) is 8.81. The Balaban J connectivity index is 2.20. The largest absolute Gasteiger partial charge is 0.384 e. The molecule has 0 radical (unpaired) electrons. The molecule has 92 valence electrons. The van der Waals surface area contributed by atoms with Gasteiger partial charge in [-0.2, -0.15) is 0 Å². The monoisotopic (exact) mass is 240 g/mol. The maximum absolute atomic E-state index is 12.2. The molecule has 0 aliphatic rings. The van der Waals surface area contributed by atoms with Crippen LogP contribution in [0.4, 0.5) is 0 Å². The molecule has 0 spiro atoms. The van der Waals surface area contributed by atoms with E-state index in [1.807, 2.05) is 54.6 Å². The van der Waals surface area contributed by atoms with Crippen LogP contribution in [0.15, 0.2) is 54.6 Å². The Hall–Kier alpha value is -1.93. The van der Waals surface area contributed by atoms with Gasteiger partial charge in [0, 0.05) is 18.2 Å². The van der Waals surface area contributed by atoms with E-state index in [0.717, 1.165) is 23.1 Å². The number of ether oxygens (including phenoxy) is 1. The van der Waals surface area contributed by atoms with Crippen molar-refractivity contribution in [2.75, 3.05) is 13.7 Å². The van der Waals surface area contributed by atoms with Gasteiger partial charge in [0.1, 0.15) is 0 Å². The van der Waals surface area contributed by atoms with Crippen LogP contribution in [0, 0.1) is 0 Å². The van der Waals surface area contributed by atoms with Crippen LogP contribution in [0.2, 0.25) is 0 Å². The molecule has 0 saturated heterocycles. The first-order valence-corrected chi connectivity index (χ1v) is 5.99. The van der Waals surface area contributed by atoms with Gasteiger partial charge in [-0.05, 0) is 18.1 Å². The van der Waals surface area contributed by atoms with Crippen molar-refractivity contribution >= 4 is 5.78 Å². The molecular weight excluding hydrogens is 224 g/mol. The predicted octanol–water partition coefficient (Wildman–Crippen LogP) is 3.11. The SMILES string of the molecule is COCCc1cccc(C(=O)c2ccccc2)c1. The number of methoxy groups -OCH3 is 1. The molecule has 18 heavy (non-hydrogen) atoms. The maximum atomic E-state index is 12.2. The maximum Gasteiger partial charge on any atom is 0.193 e. The Morgan fingerprint density at radius 3 is 2.44 bits per heavy atom. The van der Waals surface area contributed by atoms with E-state index < -0.39 is 0 Å². The Bertz CT molecular complexity index is 518. The highest BCUT2D eigenvalue weighted by molar-refractivity contribution is 6.09. The van der Waals surface area contributed by atoms with Gasteiger partial charge in [0.2, 0.25) is 0 Å². The molecule has 0 aliphatic carbocycles. The summed E-state index contributed by atoms with van der Waals surface area (Å²) in [5, 5.41) is 0. The van der Waals surface area contributed by atoms with Gasteiger partial charge in [0.25, 0.3) is 0 Å². The molecule has 0 aromatic heterocycles. The topological polar surface area (TPSA) is 26.3 Å². The fourth-order valence-corrected chi connectivity index (χ4v) is 1.84. The van der Waals surface area contributed by atoms with Crippen molar-refractivity contribution in [2.24, 2.45) is 0 Å². The first-order valence-electron chi connectivity index (χ1n) is 5.99. The highest BCUT2D eigenvalue weighted by Crippen LogP contribution is 2.12. The predicted molar refractivity (Wildman–Crippen MR) is 71.9 cm³/mol. The van der Waals surface area contributed by atoms with Crippen LogP contribution in [0.3, 0.4) is 0 Å². The van der Waals surface area contributed by atoms with E-state index in [1.54, 1.807) is 7.11 Å². The van der Waals surface area contributed by atoms with Gasteiger partial charge in [-0.1, -0.05) is 48.5 Å². The Labute approximate surface area is 107 Å². The van der Waals surface area contributed by atoms with E-state index in [4.69, 9.17) is 4.74 Å². The zero-order chi connectivity index (χ0) is 12.8. The second-order valence-corrected chi connectivity index (χ2v) is 4.14. The molecule has 0 bridgehead atoms. The summed E-state index contributed by atoms with van der Waals surface area (Å²) in [7, 11) is 1.68. The molecule has 0 N–H and O–H groups in total. The van der Waals surface area contributed by atoms with Crippen LogP contribution in [0.5, 0.6) is 0 Å². The molecule has 0 aliphatic heterocycles. The molecule has 2 aromatic carbocycles. The molecule has 0 saturated carbocycles. The van der Waals surface area contributed by atoms with Crippen molar-refractivity contribution in [3.05, 3.63) is 71.3 Å². The van der Waals surface area contributed by atoms with Crippen LogP contribution in [-0.4, -0.2) is 19.5 Å². The summed E-state index contributed by atoms with van der Waals surface area (Å²) in [4.78, 5) is 12.2. The molecule has 0 unspecified atom stereocenters. The number of carbonyl (C=O) groups excluding carboxylic acids is 1. The number of benzene rings is 2. The lowest BCUT2D eigenvalue weighted by Gasteiger charge is -2.04. The summed E-state index contributed by atoms with van der Waals surface area (Å²) in [6.07, 6.45) is 0.826. The van der Waals surface area contributed by atoms with E-state index in [2.05, 4.69) is 0 Å². The minimum Gasteiger partial charge on any atom is -0.384 e. The van der Waals surface area contributed by atoms with Gasteiger partial charge in [-0.15, -0.1) is 0 Å². The molecule has 2 rings (SSSR count). The third kappa shape index (κ3) is 3.05. The van der Waals surface area contributed by atoms with Crippen LogP contribution < -0.4 is 0 Å². The summed E-state index contributed by atoms with van der Waals surface area (Å²) in [5.74, 6) is 0.0647. The van der Waals surface area contributed by atoms with E-state index in [-0.39, 0.29) is 5.78 Å². The molecule has 0 heterocycles. The molecular formula is C16H16O2. The molecule has 2 aromatic rings. The molecule has 2 heteroatoms. The Kier molecular flexibility index (Phi) is 4.26. The summed E-state index contributed by atoms with van der Waals surface area (Å²) in [6, 6.07) is 17.1. The standard InChI is InChI=1S/C16H16O2/c1-18-11-10-13-6-5-9-15(12-13)16(17)14-7-3-2-4-8-14/h2-9,12H,10-11H2,1H3. The third-order valence-corrected chi connectivity index (χ3v) is 2.82. The fourth-order valence-electron chi connectivity index (χ4n) is 1.84. The highest BCUT2D eigenvalue weighted by Gasteiger charge is 2.08. The van der Waals surface area contributed by atoms with E-state index in [9.17, 15) is 4.79 Å². The van der Waals surface area contributed by atoms with Crippen molar-refractivity contribution in [1.82, 2.24) is 0 Å². The molecule has 0 atom stereocenters. The normalized spacial score (nSPS) is 10.3. The number of hydrogen-bond donors (Lipinski definition) is 0. The van der Waals surface area contributed by atoms with E-state index in [0.29, 0.717) is 6.61 Å². The minimum absolute atomic E-state index is 0.0647. The highest BCUT2D eigenvalue weighted by atomic mass is 16.5. The second-order valence-electron chi connectivity index (χ2n) is 4.14. The van der Waals surface area contributed by atoms with Crippen LogP contribution in [0.25, 0.3) is 0 Å². The molecule has 0 fully saturated rings. The Morgan fingerprint density at radius 2 is 1.72 bits per heavy atom. The van der Waals surface area contributed by atoms with E-state index >= 15 is 0 Å². The second kappa shape index (κ2) is 6.12. The van der Waals surface area contributed by atoms with Gasteiger partial charge in [0.05, 0.1) is 6.61 Å². The minimum atomic E-state index is 0.0647. The quantitative estimate of drug-likeness (QED) is 0.751. The smallest absolute Gasteiger partial charge is 0.193 e. The zero-order valence-electron chi connectivity index (χ0n) is 10.4. The summed E-state index contributed by atoms with van der Waals surface area (Å²) in [6.45, 7) is 0.670. The Morgan fingerprint density at radius 1 is 1.00 bits per heavy atom. The van der Waals surface area contributed by atoms with Crippen molar-refractivity contribution in [3.63, 3.8) is 0 Å². The van der Waals surface area contributed by atoms with E-state index in [1.165, 1.54) is 0 Å². The van der Waals surface area contributed by atoms with Crippen molar-refractivity contribution < 1.29 is 9.53 Å². The van der Waals surface area contributed by atoms with Crippen molar-refractivity contribution in [2.45, 2.75) is 6.42 Å². The van der Waals surface area contributed by atoms with Gasteiger partial charge in [-0.25, -0.2) is 0 Å². The third-order valence-electron chi connectivity index (χ3n) is 2.82. The lowest BCUT2D eigenvalue weighted by molar-refractivity contribution is 0.103. The average Bonchev–Trinajstić information content (AvgIpc) is 2.45. The van der Waals surface area contributed by atoms with Crippen molar-refractivity contribution in [1.29, 1.82) is 0 Å². The molecule has 0 amide bonds. The summed E-state index contributed by atoms with van der Waals surface area (Å²) < 4.78 is 5.05. The average molecular weight is 240 g/mol. The first kappa shape index (κ1) is 12.5. The van der Waals surface area contributed by atoms with Crippen LogP contribution >= 0.6 is 0 Å². The summed E-state index contributed by atoms with van der Waals surface area (Å²) >= 11 is 0. The summed E-state index contributed by atoms with van der Waals surface area (Å²) in [5.41, 5.74) is 2.58.